The van der Waals surface area contributed by atoms with Gasteiger partial charge in [-0.05, 0) is 6.92 Å². The summed E-state index contributed by atoms with van der Waals surface area (Å²) in [6.07, 6.45) is 1.33. The number of Topliss-reactive ketones (excluding diaryl/α,β-unsaturated/α-hetero) is 1. The first-order valence-corrected chi connectivity index (χ1v) is 5.99. The van der Waals surface area contributed by atoms with E-state index in [1.54, 1.807) is 6.92 Å². The van der Waals surface area contributed by atoms with Crippen molar-refractivity contribution in [3.63, 3.8) is 0 Å². The van der Waals surface area contributed by atoms with Gasteiger partial charge in [0, 0.05) is 6.92 Å². The number of carbonyl (C=O) groups excluding carboxylic acids is 2. The molecule has 0 fully saturated rings. The van der Waals surface area contributed by atoms with Crippen LogP contribution in [0.1, 0.15) is 34.0 Å². The van der Waals surface area contributed by atoms with E-state index in [2.05, 4.69) is 20.2 Å². The third-order valence-electron chi connectivity index (χ3n) is 2.03. The molecule has 0 aromatic carbocycles. The highest BCUT2D eigenvalue weighted by molar-refractivity contribution is 7.17. The Morgan fingerprint density at radius 3 is 2.83 bits per heavy atom. The van der Waals surface area contributed by atoms with E-state index in [1.807, 2.05) is 0 Å². The first-order valence-electron chi connectivity index (χ1n) is 5.18. The van der Waals surface area contributed by atoms with Crippen molar-refractivity contribution in [2.24, 2.45) is 0 Å². The number of nitrogens with zero attached hydrogens (tertiary/aromatic N) is 3. The quantitative estimate of drug-likeness (QED) is 0.661. The summed E-state index contributed by atoms with van der Waals surface area (Å²) in [6.45, 7) is 3.29. The average Bonchev–Trinajstić information content (AvgIpc) is 2.98. The van der Waals surface area contributed by atoms with E-state index < -0.39 is 5.97 Å². The topological polar surface area (TPSA) is 97.8 Å². The lowest BCUT2D eigenvalue weighted by Gasteiger charge is -1.98. The Bertz CT molecular complexity index is 576. The zero-order valence-corrected chi connectivity index (χ0v) is 10.6. The van der Waals surface area contributed by atoms with Gasteiger partial charge in [0.1, 0.15) is 11.2 Å². The minimum absolute atomic E-state index is 0.0285. The summed E-state index contributed by atoms with van der Waals surface area (Å²) in [6, 6.07) is 0. The summed E-state index contributed by atoms with van der Waals surface area (Å²) < 4.78 is 4.86. The van der Waals surface area contributed by atoms with Crippen LogP contribution in [-0.2, 0) is 4.74 Å². The number of ether oxygens (including phenoxy) is 1. The van der Waals surface area contributed by atoms with Crippen molar-refractivity contribution < 1.29 is 14.3 Å². The second-order valence-electron chi connectivity index (χ2n) is 3.31. The highest BCUT2D eigenvalue weighted by Gasteiger charge is 2.23. The molecule has 94 valence electrons. The van der Waals surface area contributed by atoms with Gasteiger partial charge in [0.2, 0.25) is 0 Å². The van der Waals surface area contributed by atoms with Gasteiger partial charge in [0.25, 0.3) is 0 Å². The number of aromatic nitrogens is 4. The SMILES string of the molecule is CCOC(=O)c1nc(-c2ncn[nH]2)sc1C(C)=O. The van der Waals surface area contributed by atoms with Gasteiger partial charge in [-0.3, -0.25) is 9.89 Å². The number of thiazole rings is 1. The second-order valence-corrected chi connectivity index (χ2v) is 4.31. The third kappa shape index (κ3) is 2.28. The number of nitrogens with one attached hydrogen (secondary N) is 1. The summed E-state index contributed by atoms with van der Waals surface area (Å²) in [5.74, 6) is -0.427. The molecule has 0 spiro atoms. The lowest BCUT2D eigenvalue weighted by molar-refractivity contribution is 0.0517. The average molecular weight is 266 g/mol. The van der Waals surface area contributed by atoms with Gasteiger partial charge in [0.05, 0.1) is 6.61 Å². The van der Waals surface area contributed by atoms with Crippen molar-refractivity contribution in [1.29, 1.82) is 0 Å². The minimum atomic E-state index is -0.607. The molecule has 0 saturated carbocycles. The molecule has 0 atom stereocenters. The van der Waals surface area contributed by atoms with E-state index in [-0.39, 0.29) is 23.0 Å². The number of H-pyrrole nitrogens is 1. The molecule has 0 bridgehead atoms. The Morgan fingerprint density at radius 2 is 2.28 bits per heavy atom. The first kappa shape index (κ1) is 12.4. The lowest BCUT2D eigenvalue weighted by Crippen LogP contribution is -2.09. The van der Waals surface area contributed by atoms with E-state index >= 15 is 0 Å². The zero-order valence-electron chi connectivity index (χ0n) is 9.76. The smallest absolute Gasteiger partial charge is 0.358 e. The monoisotopic (exact) mass is 266 g/mol. The number of esters is 1. The predicted molar refractivity (Wildman–Crippen MR) is 63.5 cm³/mol. The van der Waals surface area contributed by atoms with Crippen LogP contribution in [0.5, 0.6) is 0 Å². The van der Waals surface area contributed by atoms with Gasteiger partial charge in [-0.25, -0.2) is 14.8 Å². The van der Waals surface area contributed by atoms with Crippen LogP contribution in [0.25, 0.3) is 10.8 Å². The molecule has 2 heterocycles. The maximum atomic E-state index is 11.7. The molecule has 1 N–H and O–H groups in total. The van der Waals surface area contributed by atoms with Gasteiger partial charge < -0.3 is 4.74 Å². The molecular weight excluding hydrogens is 256 g/mol. The molecule has 2 aromatic rings. The van der Waals surface area contributed by atoms with Crippen LogP contribution in [0, 0.1) is 0 Å². The summed E-state index contributed by atoms with van der Waals surface area (Å²) >= 11 is 1.08. The molecule has 0 radical (unpaired) electrons. The molecule has 2 aromatic heterocycles. The van der Waals surface area contributed by atoms with Gasteiger partial charge in [0.15, 0.2) is 22.3 Å². The number of aromatic amines is 1. The summed E-state index contributed by atoms with van der Waals surface area (Å²) in [4.78, 5) is 31.4. The number of hydrogen-bond donors (Lipinski definition) is 1. The van der Waals surface area contributed by atoms with Crippen LogP contribution in [0.2, 0.25) is 0 Å². The Morgan fingerprint density at radius 1 is 1.50 bits per heavy atom. The third-order valence-corrected chi connectivity index (χ3v) is 3.20. The molecule has 0 aliphatic carbocycles. The molecule has 2 rings (SSSR count). The molecular formula is C10H10N4O3S. The van der Waals surface area contributed by atoms with Crippen LogP contribution < -0.4 is 0 Å². The van der Waals surface area contributed by atoms with E-state index in [0.717, 1.165) is 11.3 Å². The van der Waals surface area contributed by atoms with Crippen LogP contribution in [0.15, 0.2) is 6.33 Å². The van der Waals surface area contributed by atoms with Crippen LogP contribution in [0.3, 0.4) is 0 Å². The molecule has 0 aliphatic rings. The van der Waals surface area contributed by atoms with Crippen molar-refractivity contribution in [3.05, 3.63) is 16.9 Å². The molecule has 8 heteroatoms. The van der Waals surface area contributed by atoms with Crippen LogP contribution >= 0.6 is 11.3 Å². The fourth-order valence-corrected chi connectivity index (χ4v) is 2.20. The number of hydrogen-bond acceptors (Lipinski definition) is 7. The van der Waals surface area contributed by atoms with E-state index in [4.69, 9.17) is 4.74 Å². The highest BCUT2D eigenvalue weighted by Crippen LogP contribution is 2.26. The summed E-state index contributed by atoms with van der Waals surface area (Å²) in [5, 5.41) is 6.75. The fourth-order valence-electron chi connectivity index (χ4n) is 1.31. The molecule has 7 nitrogen and oxygen atoms in total. The van der Waals surface area contributed by atoms with Crippen molar-refractivity contribution in [3.8, 4) is 10.8 Å². The Kier molecular flexibility index (Phi) is 3.47. The van der Waals surface area contributed by atoms with E-state index in [1.165, 1.54) is 13.3 Å². The molecule has 0 aliphatic heterocycles. The maximum absolute atomic E-state index is 11.7. The number of carbonyl (C=O) groups is 2. The first-order chi connectivity index (χ1) is 8.63. The second kappa shape index (κ2) is 5.05. The molecule has 0 amide bonds. The number of rotatable bonds is 4. The fraction of sp³-hybridized carbons (Fsp3) is 0.300. The van der Waals surface area contributed by atoms with Crippen molar-refractivity contribution >= 4 is 23.1 Å². The van der Waals surface area contributed by atoms with Crippen LogP contribution in [-0.4, -0.2) is 38.5 Å². The standard InChI is InChI=1S/C10H10N4O3S/c1-3-17-10(16)6-7(5(2)15)18-9(13-6)8-11-4-12-14-8/h4H,3H2,1-2H3,(H,11,12,14). The van der Waals surface area contributed by atoms with Gasteiger partial charge in [-0.15, -0.1) is 11.3 Å². The largest absolute Gasteiger partial charge is 0.461 e. The summed E-state index contributed by atoms with van der Waals surface area (Å²) in [5.41, 5.74) is 0.0285. The molecule has 0 unspecified atom stereocenters. The maximum Gasteiger partial charge on any atom is 0.358 e. The lowest BCUT2D eigenvalue weighted by atomic mass is 10.3. The molecule has 18 heavy (non-hydrogen) atoms. The number of ketones is 1. The highest BCUT2D eigenvalue weighted by atomic mass is 32.1. The minimum Gasteiger partial charge on any atom is -0.461 e. The molecule has 0 saturated heterocycles. The van der Waals surface area contributed by atoms with E-state index in [0.29, 0.717) is 10.8 Å². The normalized spacial score (nSPS) is 10.3. The van der Waals surface area contributed by atoms with Crippen molar-refractivity contribution in [2.75, 3.05) is 6.61 Å². The van der Waals surface area contributed by atoms with Gasteiger partial charge >= 0.3 is 5.97 Å². The van der Waals surface area contributed by atoms with Gasteiger partial charge in [-0.1, -0.05) is 0 Å². The van der Waals surface area contributed by atoms with Gasteiger partial charge in [-0.2, -0.15) is 5.10 Å². The van der Waals surface area contributed by atoms with Crippen LogP contribution in [0.4, 0.5) is 0 Å². The van der Waals surface area contributed by atoms with Crippen molar-refractivity contribution in [2.45, 2.75) is 13.8 Å². The summed E-state index contributed by atoms with van der Waals surface area (Å²) in [7, 11) is 0. The predicted octanol–water partition coefficient (Wildman–Crippen LogP) is 1.31. The Hall–Kier alpha value is -2.09. The van der Waals surface area contributed by atoms with E-state index in [9.17, 15) is 9.59 Å². The Balaban J connectivity index is 2.45. The Labute approximate surface area is 106 Å². The zero-order chi connectivity index (χ0) is 13.1. The van der Waals surface area contributed by atoms with Crippen molar-refractivity contribution in [1.82, 2.24) is 20.2 Å².